The van der Waals surface area contributed by atoms with Crippen LogP contribution in [0, 0.1) is 6.92 Å². The summed E-state index contributed by atoms with van der Waals surface area (Å²) in [6, 6.07) is 5.24. The third-order valence-corrected chi connectivity index (χ3v) is 6.50. The standard InChI is InChI=1S/C21H26Cl2N4O2/c1-15-18(20(24-29-15)19-16(22)5-4-6-17(19)23)21(28)27-13-11-26(12-14-27)10-9-25-7-2-3-8-25/h4-6H,2-3,7-14H2,1H3. The number of hydrogen-bond donors (Lipinski definition) is 0. The monoisotopic (exact) mass is 436 g/mol. The van der Waals surface area contributed by atoms with E-state index in [1.54, 1.807) is 25.1 Å². The molecule has 2 aromatic rings. The Morgan fingerprint density at radius 3 is 2.21 bits per heavy atom. The molecule has 0 N–H and O–H groups in total. The summed E-state index contributed by atoms with van der Waals surface area (Å²) in [5, 5.41) is 5.01. The van der Waals surface area contributed by atoms with Gasteiger partial charge in [0.15, 0.2) is 0 Å². The van der Waals surface area contributed by atoms with Crippen LogP contribution in [0.25, 0.3) is 11.3 Å². The van der Waals surface area contributed by atoms with Gasteiger partial charge in [-0.3, -0.25) is 9.69 Å². The van der Waals surface area contributed by atoms with E-state index in [1.165, 1.54) is 25.9 Å². The largest absolute Gasteiger partial charge is 0.360 e. The molecule has 0 unspecified atom stereocenters. The molecule has 1 amide bonds. The van der Waals surface area contributed by atoms with E-state index in [4.69, 9.17) is 27.7 Å². The zero-order valence-corrected chi connectivity index (χ0v) is 18.2. The lowest BCUT2D eigenvalue weighted by Crippen LogP contribution is -2.50. The van der Waals surface area contributed by atoms with Gasteiger partial charge in [0, 0.05) is 44.8 Å². The Morgan fingerprint density at radius 2 is 1.59 bits per heavy atom. The molecular weight excluding hydrogens is 411 g/mol. The van der Waals surface area contributed by atoms with Crippen LogP contribution in [0.5, 0.6) is 0 Å². The predicted octanol–water partition coefficient (Wildman–Crippen LogP) is 3.81. The van der Waals surface area contributed by atoms with Crippen molar-refractivity contribution in [3.05, 3.63) is 39.6 Å². The van der Waals surface area contributed by atoms with Gasteiger partial charge in [0.1, 0.15) is 17.0 Å². The SMILES string of the molecule is Cc1onc(-c2c(Cl)cccc2Cl)c1C(=O)N1CCN(CCN2CCCC2)CC1. The summed E-state index contributed by atoms with van der Waals surface area (Å²) in [4.78, 5) is 20.1. The third-order valence-electron chi connectivity index (χ3n) is 5.87. The first-order chi connectivity index (χ1) is 14.0. The van der Waals surface area contributed by atoms with Crippen molar-refractivity contribution in [2.45, 2.75) is 19.8 Å². The summed E-state index contributed by atoms with van der Waals surface area (Å²) in [7, 11) is 0. The van der Waals surface area contributed by atoms with E-state index in [9.17, 15) is 4.79 Å². The molecule has 29 heavy (non-hydrogen) atoms. The molecule has 0 aliphatic carbocycles. The van der Waals surface area contributed by atoms with E-state index in [0.29, 0.717) is 45.7 Å². The molecule has 2 aliphatic heterocycles. The van der Waals surface area contributed by atoms with Crippen LogP contribution in [0.15, 0.2) is 22.7 Å². The van der Waals surface area contributed by atoms with Gasteiger partial charge in [0.25, 0.3) is 5.91 Å². The van der Waals surface area contributed by atoms with Crippen LogP contribution in [-0.2, 0) is 0 Å². The highest BCUT2D eigenvalue weighted by atomic mass is 35.5. The number of aromatic nitrogens is 1. The van der Waals surface area contributed by atoms with Crippen molar-refractivity contribution in [3.8, 4) is 11.3 Å². The molecule has 0 bridgehead atoms. The molecule has 2 fully saturated rings. The first-order valence-electron chi connectivity index (χ1n) is 10.2. The zero-order chi connectivity index (χ0) is 20.4. The van der Waals surface area contributed by atoms with Crippen molar-refractivity contribution in [2.75, 3.05) is 52.4 Å². The molecule has 1 aromatic heterocycles. The summed E-state index contributed by atoms with van der Waals surface area (Å²) in [6.07, 6.45) is 2.64. The number of hydrogen-bond acceptors (Lipinski definition) is 5. The van der Waals surface area contributed by atoms with Crippen molar-refractivity contribution in [1.29, 1.82) is 0 Å². The maximum Gasteiger partial charge on any atom is 0.259 e. The number of carbonyl (C=O) groups excluding carboxylic acids is 1. The number of carbonyl (C=O) groups is 1. The second kappa shape index (κ2) is 9.04. The molecule has 0 saturated carbocycles. The van der Waals surface area contributed by atoms with Crippen LogP contribution in [0.3, 0.4) is 0 Å². The van der Waals surface area contributed by atoms with Crippen LogP contribution in [0.1, 0.15) is 29.0 Å². The number of halogens is 2. The predicted molar refractivity (Wildman–Crippen MR) is 115 cm³/mol. The lowest BCUT2D eigenvalue weighted by atomic mass is 10.0. The van der Waals surface area contributed by atoms with Gasteiger partial charge in [-0.1, -0.05) is 34.4 Å². The maximum absolute atomic E-state index is 13.3. The number of likely N-dealkylation sites (tertiary alicyclic amines) is 1. The molecule has 2 aliphatic rings. The lowest BCUT2D eigenvalue weighted by molar-refractivity contribution is 0.0625. The van der Waals surface area contributed by atoms with Crippen molar-refractivity contribution < 1.29 is 9.32 Å². The molecule has 156 valence electrons. The summed E-state index contributed by atoms with van der Waals surface area (Å²) in [6.45, 7) is 9.52. The number of benzene rings is 1. The maximum atomic E-state index is 13.3. The number of amides is 1. The van der Waals surface area contributed by atoms with Crippen LogP contribution in [0.2, 0.25) is 10.0 Å². The van der Waals surface area contributed by atoms with Crippen molar-refractivity contribution in [1.82, 2.24) is 19.9 Å². The first-order valence-corrected chi connectivity index (χ1v) is 10.9. The quantitative estimate of drug-likeness (QED) is 0.712. The van der Waals surface area contributed by atoms with Gasteiger partial charge in [-0.05, 0) is 45.0 Å². The van der Waals surface area contributed by atoms with Crippen LogP contribution in [-0.4, -0.2) is 78.1 Å². The fourth-order valence-electron chi connectivity index (χ4n) is 4.14. The molecule has 4 rings (SSSR count). The zero-order valence-electron chi connectivity index (χ0n) is 16.7. The molecule has 1 aromatic carbocycles. The molecule has 6 nitrogen and oxygen atoms in total. The summed E-state index contributed by atoms with van der Waals surface area (Å²) >= 11 is 12.7. The summed E-state index contributed by atoms with van der Waals surface area (Å²) in [5.74, 6) is 0.409. The number of piperazine rings is 1. The van der Waals surface area contributed by atoms with Gasteiger partial charge in [-0.15, -0.1) is 0 Å². The van der Waals surface area contributed by atoms with E-state index in [0.717, 1.165) is 26.2 Å². The molecule has 0 radical (unpaired) electrons. The smallest absolute Gasteiger partial charge is 0.259 e. The molecule has 0 atom stereocenters. The molecular formula is C21H26Cl2N4O2. The summed E-state index contributed by atoms with van der Waals surface area (Å²) < 4.78 is 5.36. The number of rotatable bonds is 5. The Bertz CT molecular complexity index is 851. The number of aryl methyl sites for hydroxylation is 1. The van der Waals surface area contributed by atoms with Crippen molar-refractivity contribution in [2.24, 2.45) is 0 Å². The van der Waals surface area contributed by atoms with Gasteiger partial charge in [-0.25, -0.2) is 0 Å². The van der Waals surface area contributed by atoms with Crippen LogP contribution >= 0.6 is 23.2 Å². The van der Waals surface area contributed by atoms with E-state index in [1.807, 2.05) is 4.90 Å². The Kier molecular flexibility index (Phi) is 6.44. The molecule has 0 spiro atoms. The van der Waals surface area contributed by atoms with Gasteiger partial charge >= 0.3 is 0 Å². The second-order valence-corrected chi connectivity index (χ2v) is 8.56. The minimum absolute atomic E-state index is 0.0751. The lowest BCUT2D eigenvalue weighted by Gasteiger charge is -2.35. The van der Waals surface area contributed by atoms with Crippen molar-refractivity contribution >= 4 is 29.1 Å². The van der Waals surface area contributed by atoms with E-state index < -0.39 is 0 Å². The average molecular weight is 437 g/mol. The minimum Gasteiger partial charge on any atom is -0.360 e. The second-order valence-electron chi connectivity index (χ2n) is 7.74. The molecule has 8 heteroatoms. The Hall–Kier alpha value is -1.60. The van der Waals surface area contributed by atoms with E-state index in [-0.39, 0.29) is 5.91 Å². The molecule has 3 heterocycles. The van der Waals surface area contributed by atoms with E-state index in [2.05, 4.69) is 15.0 Å². The third kappa shape index (κ3) is 4.45. The Morgan fingerprint density at radius 1 is 1.00 bits per heavy atom. The highest BCUT2D eigenvalue weighted by Crippen LogP contribution is 2.37. The number of nitrogens with zero attached hydrogens (tertiary/aromatic N) is 4. The average Bonchev–Trinajstić information content (AvgIpc) is 3.36. The molecule has 2 saturated heterocycles. The van der Waals surface area contributed by atoms with Gasteiger partial charge in [0.2, 0.25) is 0 Å². The van der Waals surface area contributed by atoms with Crippen molar-refractivity contribution in [3.63, 3.8) is 0 Å². The Labute approximate surface area is 181 Å². The first kappa shape index (κ1) is 20.7. The van der Waals surface area contributed by atoms with Gasteiger partial charge in [0.05, 0.1) is 10.0 Å². The van der Waals surface area contributed by atoms with Gasteiger partial charge in [-0.2, -0.15) is 0 Å². The highest BCUT2D eigenvalue weighted by molar-refractivity contribution is 6.39. The minimum atomic E-state index is -0.0751. The summed E-state index contributed by atoms with van der Waals surface area (Å²) in [5.41, 5.74) is 1.41. The normalized spacial score (nSPS) is 18.5. The van der Waals surface area contributed by atoms with Gasteiger partial charge < -0.3 is 14.3 Å². The fourth-order valence-corrected chi connectivity index (χ4v) is 4.72. The highest BCUT2D eigenvalue weighted by Gasteiger charge is 2.30. The fraction of sp³-hybridized carbons (Fsp3) is 0.524. The van der Waals surface area contributed by atoms with Crippen LogP contribution in [0.4, 0.5) is 0 Å². The van der Waals surface area contributed by atoms with Crippen LogP contribution < -0.4 is 0 Å². The Balaban J connectivity index is 1.44. The topological polar surface area (TPSA) is 52.8 Å². The van der Waals surface area contributed by atoms with E-state index >= 15 is 0 Å².